The van der Waals surface area contributed by atoms with Crippen molar-refractivity contribution in [2.45, 2.75) is 59.7 Å². The normalized spacial score (nSPS) is 10.9. The number of rotatable bonds is 10. The summed E-state index contributed by atoms with van der Waals surface area (Å²) in [7, 11) is 3.27. The second-order valence-electron chi connectivity index (χ2n) is 7.50. The number of methoxy groups -OCH3 is 2. The number of carbonyl (C=O) groups is 1. The van der Waals surface area contributed by atoms with Gasteiger partial charge in [-0.2, -0.15) is 0 Å². The monoisotopic (exact) mass is 400 g/mol. The number of Topliss-reactive ketones (excluding diaryl/α,β-unsaturated/α-hetero) is 1. The molecule has 0 aromatic heterocycles. The third kappa shape index (κ3) is 5.89. The Balaban J connectivity index is 2.23. The Bertz CT molecular complexity index is 839. The van der Waals surface area contributed by atoms with Gasteiger partial charge in [0.15, 0.2) is 5.78 Å². The summed E-state index contributed by atoms with van der Waals surface area (Å²) in [6.45, 7) is 9.76. The first kappa shape index (κ1) is 22.6. The van der Waals surface area contributed by atoms with E-state index in [1.165, 1.54) is 0 Å². The van der Waals surface area contributed by atoms with Crippen LogP contribution in [-0.2, 0) is 6.42 Å². The molecule has 0 saturated carbocycles. The van der Waals surface area contributed by atoms with Crippen LogP contribution in [-0.4, -0.2) is 32.2 Å². The number of aryl methyl sites for hydroxylation is 1. The molecule has 0 radical (unpaired) electrons. The first-order chi connectivity index (χ1) is 13.8. The summed E-state index contributed by atoms with van der Waals surface area (Å²) < 4.78 is 22.5. The smallest absolute Gasteiger partial charge is 0.166 e. The maximum Gasteiger partial charge on any atom is 0.166 e. The average Bonchev–Trinajstić information content (AvgIpc) is 2.65. The van der Waals surface area contributed by atoms with E-state index in [1.54, 1.807) is 26.4 Å². The third-order valence-electron chi connectivity index (χ3n) is 4.47. The Hall–Kier alpha value is -2.69. The summed E-state index contributed by atoms with van der Waals surface area (Å²) in [5, 5.41) is 0. The van der Waals surface area contributed by atoms with Crippen LogP contribution in [0.3, 0.4) is 0 Å². The fourth-order valence-corrected chi connectivity index (χ4v) is 3.24. The summed E-state index contributed by atoms with van der Waals surface area (Å²) in [4.78, 5) is 13.0. The predicted molar refractivity (Wildman–Crippen MR) is 115 cm³/mol. The highest BCUT2D eigenvalue weighted by atomic mass is 16.5. The van der Waals surface area contributed by atoms with E-state index in [2.05, 4.69) is 0 Å². The van der Waals surface area contributed by atoms with Gasteiger partial charge in [0.05, 0.1) is 32.0 Å². The van der Waals surface area contributed by atoms with E-state index in [4.69, 9.17) is 18.9 Å². The molecule has 0 saturated heterocycles. The van der Waals surface area contributed by atoms with Crippen molar-refractivity contribution in [3.05, 3.63) is 47.0 Å². The third-order valence-corrected chi connectivity index (χ3v) is 4.47. The molecule has 0 aliphatic heterocycles. The molecule has 0 spiro atoms. The zero-order valence-corrected chi connectivity index (χ0v) is 18.5. The first-order valence-electron chi connectivity index (χ1n) is 9.97. The van der Waals surface area contributed by atoms with E-state index < -0.39 is 0 Å². The largest absolute Gasteiger partial charge is 0.496 e. The lowest BCUT2D eigenvalue weighted by Crippen LogP contribution is -2.12. The van der Waals surface area contributed by atoms with Crippen molar-refractivity contribution in [3.8, 4) is 23.0 Å². The molecule has 0 N–H and O–H groups in total. The average molecular weight is 401 g/mol. The van der Waals surface area contributed by atoms with Crippen LogP contribution in [0.2, 0.25) is 0 Å². The molecule has 0 aliphatic rings. The lowest BCUT2D eigenvalue weighted by atomic mass is 9.99. The van der Waals surface area contributed by atoms with Crippen LogP contribution in [0.4, 0.5) is 0 Å². The lowest BCUT2D eigenvalue weighted by molar-refractivity contribution is 0.0976. The van der Waals surface area contributed by atoms with Gasteiger partial charge in [-0.1, -0.05) is 6.07 Å². The zero-order chi connectivity index (χ0) is 21.6. The summed E-state index contributed by atoms with van der Waals surface area (Å²) in [6, 6.07) is 9.25. The summed E-state index contributed by atoms with van der Waals surface area (Å²) >= 11 is 0. The molecule has 0 heterocycles. The lowest BCUT2D eigenvalue weighted by Gasteiger charge is -2.17. The molecule has 2 aromatic rings. The number of hydrogen-bond acceptors (Lipinski definition) is 5. The van der Waals surface area contributed by atoms with Gasteiger partial charge < -0.3 is 18.9 Å². The van der Waals surface area contributed by atoms with E-state index in [0.29, 0.717) is 29.9 Å². The minimum Gasteiger partial charge on any atom is -0.496 e. The van der Waals surface area contributed by atoms with Gasteiger partial charge in [-0.15, -0.1) is 0 Å². The Morgan fingerprint density at radius 2 is 1.59 bits per heavy atom. The van der Waals surface area contributed by atoms with Crippen LogP contribution in [0.5, 0.6) is 23.0 Å². The minimum absolute atomic E-state index is 0.0206. The topological polar surface area (TPSA) is 54.0 Å². The van der Waals surface area contributed by atoms with E-state index >= 15 is 0 Å². The van der Waals surface area contributed by atoms with Gasteiger partial charge in [0.25, 0.3) is 0 Å². The highest BCUT2D eigenvalue weighted by molar-refractivity contribution is 5.99. The second-order valence-corrected chi connectivity index (χ2v) is 7.50. The van der Waals surface area contributed by atoms with Crippen LogP contribution in [0.15, 0.2) is 30.3 Å². The highest BCUT2D eigenvalue weighted by Gasteiger charge is 2.18. The molecule has 0 aliphatic carbocycles. The van der Waals surface area contributed by atoms with E-state index in [9.17, 15) is 4.79 Å². The van der Waals surface area contributed by atoms with Gasteiger partial charge >= 0.3 is 0 Å². The van der Waals surface area contributed by atoms with Crippen molar-refractivity contribution in [3.63, 3.8) is 0 Å². The number of ketones is 1. The van der Waals surface area contributed by atoms with Gasteiger partial charge in [0.2, 0.25) is 0 Å². The minimum atomic E-state index is -0.0415. The zero-order valence-electron chi connectivity index (χ0n) is 18.5. The summed E-state index contributed by atoms with van der Waals surface area (Å²) in [5.41, 5.74) is 2.48. The molecular weight excluding hydrogens is 368 g/mol. The van der Waals surface area contributed by atoms with Gasteiger partial charge in [-0.3, -0.25) is 4.79 Å². The molecule has 0 bridgehead atoms. The molecule has 0 unspecified atom stereocenters. The molecule has 2 rings (SSSR count). The maximum atomic E-state index is 13.0. The fourth-order valence-electron chi connectivity index (χ4n) is 3.24. The predicted octanol–water partition coefficient (Wildman–Crippen LogP) is 5.40. The molecule has 29 heavy (non-hydrogen) atoms. The molecule has 0 atom stereocenters. The first-order valence-corrected chi connectivity index (χ1v) is 9.97. The Kier molecular flexibility index (Phi) is 7.94. The van der Waals surface area contributed by atoms with Crippen molar-refractivity contribution in [2.24, 2.45) is 0 Å². The van der Waals surface area contributed by atoms with Gasteiger partial charge in [-0.25, -0.2) is 0 Å². The SMILES string of the molecule is COc1ccc(CCC(=O)c2ccc(OC(C)C)cc2OC(C)C)c(OC)c1C. The second kappa shape index (κ2) is 10.2. The summed E-state index contributed by atoms with van der Waals surface area (Å²) in [5.74, 6) is 2.80. The van der Waals surface area contributed by atoms with Gasteiger partial charge in [0.1, 0.15) is 23.0 Å². The molecule has 2 aromatic carbocycles. The van der Waals surface area contributed by atoms with Crippen molar-refractivity contribution in [1.82, 2.24) is 0 Å². The Labute approximate surface area is 173 Å². The Morgan fingerprint density at radius 1 is 0.897 bits per heavy atom. The molecule has 5 nitrogen and oxygen atoms in total. The van der Waals surface area contributed by atoms with Crippen molar-refractivity contribution < 1.29 is 23.7 Å². The Morgan fingerprint density at radius 3 is 2.17 bits per heavy atom. The van der Waals surface area contributed by atoms with Crippen LogP contribution in [0, 0.1) is 6.92 Å². The van der Waals surface area contributed by atoms with Gasteiger partial charge in [-0.05, 0) is 64.8 Å². The number of ether oxygens (including phenoxy) is 4. The molecule has 158 valence electrons. The van der Waals surface area contributed by atoms with Crippen LogP contribution < -0.4 is 18.9 Å². The fraction of sp³-hybridized carbons (Fsp3) is 0.458. The number of benzene rings is 2. The van der Waals surface area contributed by atoms with Crippen molar-refractivity contribution in [1.29, 1.82) is 0 Å². The van der Waals surface area contributed by atoms with Gasteiger partial charge in [0, 0.05) is 18.1 Å². The number of hydrogen-bond donors (Lipinski definition) is 0. The van der Waals surface area contributed by atoms with E-state index in [1.807, 2.05) is 52.8 Å². The molecule has 0 amide bonds. The van der Waals surface area contributed by atoms with Crippen molar-refractivity contribution >= 4 is 5.78 Å². The molecule has 5 heteroatoms. The van der Waals surface area contributed by atoms with Crippen LogP contribution in [0.25, 0.3) is 0 Å². The standard InChI is InChI=1S/C24H32O5/c1-15(2)28-19-10-11-20(23(14-19)29-16(3)4)21(25)12-8-18-9-13-22(26-6)17(5)24(18)27-7/h9-11,13-16H,8,12H2,1-7H3. The summed E-state index contributed by atoms with van der Waals surface area (Å²) in [6.07, 6.45) is 0.925. The van der Waals surface area contributed by atoms with E-state index in [0.717, 1.165) is 22.6 Å². The molecular formula is C24H32O5. The van der Waals surface area contributed by atoms with Crippen LogP contribution >= 0.6 is 0 Å². The van der Waals surface area contributed by atoms with Crippen molar-refractivity contribution in [2.75, 3.05) is 14.2 Å². The molecule has 0 fully saturated rings. The number of carbonyl (C=O) groups excluding carboxylic acids is 1. The van der Waals surface area contributed by atoms with E-state index in [-0.39, 0.29) is 18.0 Å². The highest BCUT2D eigenvalue weighted by Crippen LogP contribution is 2.33. The quantitative estimate of drug-likeness (QED) is 0.500. The maximum absolute atomic E-state index is 13.0. The van der Waals surface area contributed by atoms with Crippen LogP contribution in [0.1, 0.15) is 55.6 Å².